The average Bonchev–Trinajstić information content (AvgIpc) is 3.33. The van der Waals surface area contributed by atoms with Crippen molar-refractivity contribution in [3.8, 4) is 6.07 Å². The van der Waals surface area contributed by atoms with E-state index in [1.165, 1.54) is 18.2 Å². The largest absolute Gasteiger partial charge is 0.356 e. The van der Waals surface area contributed by atoms with Crippen molar-refractivity contribution in [3.63, 3.8) is 0 Å². The second-order valence-electron chi connectivity index (χ2n) is 8.24. The lowest BCUT2D eigenvalue weighted by atomic mass is 9.98. The molecule has 4 N–H and O–H groups in total. The number of rotatable bonds is 8. The maximum absolute atomic E-state index is 13.9. The van der Waals surface area contributed by atoms with Crippen LogP contribution >= 0.6 is 0 Å². The maximum atomic E-state index is 13.9. The van der Waals surface area contributed by atoms with Crippen LogP contribution in [0.25, 0.3) is 10.9 Å². The number of amides is 3. The van der Waals surface area contributed by atoms with Gasteiger partial charge in [0.15, 0.2) is 0 Å². The maximum Gasteiger partial charge on any atom is 0.268 e. The quantitative estimate of drug-likeness (QED) is 0.514. The van der Waals surface area contributed by atoms with Gasteiger partial charge in [-0.1, -0.05) is 19.9 Å². The standard InChI is InChI=1S/C22H26FN5O3/c1-12(2)8-18(21(30)26-14(11-24)9-13-6-7-25-20(13)29)28-22(31)19-10-15-16(23)4-3-5-17(15)27-19/h3-5,10,12-14,18,27H,6-9H2,1-2H3,(H,25,29)(H,26,30)(H,28,31)/t13-,14-,18+/m0/s1. The fraction of sp³-hybridized carbons (Fsp3) is 0.455. The highest BCUT2D eigenvalue weighted by molar-refractivity contribution is 6.00. The zero-order valence-corrected chi connectivity index (χ0v) is 17.5. The van der Waals surface area contributed by atoms with E-state index in [0.29, 0.717) is 24.9 Å². The molecule has 0 aliphatic carbocycles. The van der Waals surface area contributed by atoms with Crippen LogP contribution in [0, 0.1) is 29.0 Å². The second-order valence-corrected chi connectivity index (χ2v) is 8.24. The van der Waals surface area contributed by atoms with Crippen LogP contribution in [0.3, 0.4) is 0 Å². The molecule has 8 nitrogen and oxygen atoms in total. The van der Waals surface area contributed by atoms with Crippen LogP contribution in [0.15, 0.2) is 24.3 Å². The highest BCUT2D eigenvalue weighted by Crippen LogP contribution is 2.19. The summed E-state index contributed by atoms with van der Waals surface area (Å²) >= 11 is 0. The Labute approximate surface area is 179 Å². The number of halogens is 1. The SMILES string of the molecule is CC(C)C[C@@H](NC(=O)c1cc2c(F)cccc2[nH]1)C(=O)N[C@H](C#N)C[C@@H]1CCNC1=O. The van der Waals surface area contributed by atoms with Crippen LogP contribution in [-0.2, 0) is 9.59 Å². The van der Waals surface area contributed by atoms with E-state index in [9.17, 15) is 24.0 Å². The van der Waals surface area contributed by atoms with E-state index in [1.807, 2.05) is 19.9 Å². The number of H-pyrrole nitrogens is 1. The molecule has 1 aliphatic heterocycles. The van der Waals surface area contributed by atoms with Gasteiger partial charge in [0.25, 0.3) is 5.91 Å². The Morgan fingerprint density at radius 3 is 2.71 bits per heavy atom. The molecule has 3 rings (SSSR count). The third-order valence-electron chi connectivity index (χ3n) is 5.34. The minimum Gasteiger partial charge on any atom is -0.356 e. The van der Waals surface area contributed by atoms with E-state index in [4.69, 9.17) is 0 Å². The Morgan fingerprint density at radius 1 is 1.32 bits per heavy atom. The van der Waals surface area contributed by atoms with Gasteiger partial charge >= 0.3 is 0 Å². The van der Waals surface area contributed by atoms with Crippen molar-refractivity contribution in [1.82, 2.24) is 20.9 Å². The molecule has 1 aromatic carbocycles. The molecule has 31 heavy (non-hydrogen) atoms. The number of carbonyl (C=O) groups is 3. The molecule has 1 saturated heterocycles. The summed E-state index contributed by atoms with van der Waals surface area (Å²) in [5.41, 5.74) is 0.621. The summed E-state index contributed by atoms with van der Waals surface area (Å²) in [5, 5.41) is 17.8. The van der Waals surface area contributed by atoms with Crippen LogP contribution in [0.1, 0.15) is 43.6 Å². The lowest BCUT2D eigenvalue weighted by molar-refractivity contribution is -0.125. The monoisotopic (exact) mass is 427 g/mol. The summed E-state index contributed by atoms with van der Waals surface area (Å²) in [7, 11) is 0. The number of nitriles is 1. The fourth-order valence-corrected chi connectivity index (χ4v) is 3.75. The number of aromatic nitrogens is 1. The number of hydrogen-bond acceptors (Lipinski definition) is 4. The molecule has 1 fully saturated rings. The Balaban J connectivity index is 1.70. The molecule has 0 radical (unpaired) electrons. The van der Waals surface area contributed by atoms with Crippen molar-refractivity contribution >= 4 is 28.6 Å². The second kappa shape index (κ2) is 9.60. The number of carbonyl (C=O) groups excluding carboxylic acids is 3. The van der Waals surface area contributed by atoms with E-state index >= 15 is 0 Å². The number of benzene rings is 1. The third-order valence-corrected chi connectivity index (χ3v) is 5.34. The van der Waals surface area contributed by atoms with Gasteiger partial charge in [-0.3, -0.25) is 14.4 Å². The van der Waals surface area contributed by atoms with Gasteiger partial charge in [-0.25, -0.2) is 4.39 Å². The number of nitrogens with one attached hydrogen (secondary N) is 4. The van der Waals surface area contributed by atoms with E-state index in [0.717, 1.165) is 0 Å². The fourth-order valence-electron chi connectivity index (χ4n) is 3.75. The Bertz CT molecular complexity index is 1030. The highest BCUT2D eigenvalue weighted by atomic mass is 19.1. The molecule has 2 aromatic rings. The number of nitrogens with zero attached hydrogens (tertiary/aromatic N) is 1. The van der Waals surface area contributed by atoms with Gasteiger partial charge in [-0.15, -0.1) is 0 Å². The predicted molar refractivity (Wildman–Crippen MR) is 112 cm³/mol. The first-order valence-corrected chi connectivity index (χ1v) is 10.3. The number of fused-ring (bicyclic) bond motifs is 1. The van der Waals surface area contributed by atoms with Gasteiger partial charge in [0, 0.05) is 23.4 Å². The molecular weight excluding hydrogens is 401 g/mol. The smallest absolute Gasteiger partial charge is 0.268 e. The molecule has 2 heterocycles. The first-order valence-electron chi connectivity index (χ1n) is 10.3. The topological polar surface area (TPSA) is 127 Å². The zero-order valence-electron chi connectivity index (χ0n) is 17.5. The summed E-state index contributed by atoms with van der Waals surface area (Å²) < 4.78 is 13.9. The van der Waals surface area contributed by atoms with Gasteiger partial charge in [0.2, 0.25) is 11.8 Å². The van der Waals surface area contributed by atoms with Gasteiger partial charge in [-0.2, -0.15) is 5.26 Å². The molecular formula is C22H26FN5O3. The Hall–Kier alpha value is -3.41. The molecule has 1 aliphatic rings. The molecule has 3 amide bonds. The highest BCUT2D eigenvalue weighted by Gasteiger charge is 2.30. The molecule has 1 aromatic heterocycles. The minimum atomic E-state index is -0.878. The summed E-state index contributed by atoms with van der Waals surface area (Å²) in [6.07, 6.45) is 1.20. The predicted octanol–water partition coefficient (Wildman–Crippen LogP) is 1.99. The molecule has 0 bridgehead atoms. The normalized spacial score (nSPS) is 17.8. The first-order chi connectivity index (χ1) is 14.8. The van der Waals surface area contributed by atoms with E-state index < -0.39 is 29.7 Å². The Kier molecular flexibility index (Phi) is 6.90. The number of aromatic amines is 1. The van der Waals surface area contributed by atoms with Crippen molar-refractivity contribution < 1.29 is 18.8 Å². The Morgan fingerprint density at radius 2 is 2.10 bits per heavy atom. The van der Waals surface area contributed by atoms with Crippen molar-refractivity contribution in [1.29, 1.82) is 5.26 Å². The van der Waals surface area contributed by atoms with E-state index in [1.54, 1.807) is 6.07 Å². The lowest BCUT2D eigenvalue weighted by Crippen LogP contribution is -2.50. The molecule has 0 spiro atoms. The van der Waals surface area contributed by atoms with Gasteiger partial charge in [0.05, 0.1) is 6.07 Å². The van der Waals surface area contributed by atoms with E-state index in [-0.39, 0.29) is 35.2 Å². The average molecular weight is 427 g/mol. The van der Waals surface area contributed by atoms with Gasteiger partial charge in [0.1, 0.15) is 23.6 Å². The summed E-state index contributed by atoms with van der Waals surface area (Å²) in [6, 6.07) is 6.21. The molecule has 0 unspecified atom stereocenters. The zero-order chi connectivity index (χ0) is 22.5. The molecule has 3 atom stereocenters. The van der Waals surface area contributed by atoms with Crippen molar-refractivity contribution in [2.24, 2.45) is 11.8 Å². The minimum absolute atomic E-state index is 0.0948. The van der Waals surface area contributed by atoms with Gasteiger partial charge < -0.3 is 20.9 Å². The lowest BCUT2D eigenvalue weighted by Gasteiger charge is -2.22. The molecule has 9 heteroatoms. The summed E-state index contributed by atoms with van der Waals surface area (Å²) in [4.78, 5) is 40.2. The van der Waals surface area contributed by atoms with Crippen LogP contribution in [0.4, 0.5) is 4.39 Å². The van der Waals surface area contributed by atoms with Crippen LogP contribution in [-0.4, -0.2) is 41.3 Å². The van der Waals surface area contributed by atoms with Crippen LogP contribution < -0.4 is 16.0 Å². The van der Waals surface area contributed by atoms with Crippen molar-refractivity contribution in [3.05, 3.63) is 35.8 Å². The van der Waals surface area contributed by atoms with Gasteiger partial charge in [-0.05, 0) is 43.4 Å². The number of hydrogen-bond donors (Lipinski definition) is 4. The van der Waals surface area contributed by atoms with E-state index in [2.05, 4.69) is 20.9 Å². The van der Waals surface area contributed by atoms with Crippen LogP contribution in [0.2, 0.25) is 0 Å². The van der Waals surface area contributed by atoms with Crippen LogP contribution in [0.5, 0.6) is 0 Å². The third kappa shape index (κ3) is 5.40. The summed E-state index contributed by atoms with van der Waals surface area (Å²) in [5.74, 6) is -1.82. The van der Waals surface area contributed by atoms with Crippen molar-refractivity contribution in [2.45, 2.75) is 45.2 Å². The van der Waals surface area contributed by atoms with Crippen molar-refractivity contribution in [2.75, 3.05) is 6.54 Å². The molecule has 0 saturated carbocycles. The molecule has 164 valence electrons. The summed E-state index contributed by atoms with van der Waals surface area (Å²) in [6.45, 7) is 4.39. The first kappa shape index (κ1) is 22.3.